The normalized spacial score (nSPS) is 10.0. The number of aliphatic hydroxyl groups excluding tert-OH is 1. The molecule has 0 radical (unpaired) electrons. The molecule has 1 amide bonds. The molecule has 0 bridgehead atoms. The van der Waals surface area contributed by atoms with Gasteiger partial charge in [-0.15, -0.1) is 0 Å². The predicted octanol–water partition coefficient (Wildman–Crippen LogP) is 0.131. The topological polar surface area (TPSA) is 67.2 Å². The molecular weight excluding hydrogens is 170 g/mol. The highest BCUT2D eigenvalue weighted by molar-refractivity contribution is 5.89. The van der Waals surface area contributed by atoms with Crippen molar-refractivity contribution in [2.24, 2.45) is 7.05 Å². The standard InChI is InChI=1S/C8H13N3O2/c1-11-5-4-7(10-11)9-8(13)3-2-6-12/h4-5,12H,2-3,6H2,1H3,(H,9,10,13). The maximum atomic E-state index is 11.1. The van der Waals surface area contributed by atoms with Crippen LogP contribution in [0.3, 0.4) is 0 Å². The Morgan fingerprint density at radius 3 is 3.08 bits per heavy atom. The van der Waals surface area contributed by atoms with Gasteiger partial charge >= 0.3 is 0 Å². The molecule has 0 spiro atoms. The van der Waals surface area contributed by atoms with Crippen LogP contribution in [0.5, 0.6) is 0 Å². The molecule has 0 aliphatic carbocycles. The highest BCUT2D eigenvalue weighted by Gasteiger charge is 2.02. The van der Waals surface area contributed by atoms with Crippen molar-refractivity contribution in [1.82, 2.24) is 9.78 Å². The number of carbonyl (C=O) groups is 1. The van der Waals surface area contributed by atoms with Crippen molar-refractivity contribution in [2.45, 2.75) is 12.8 Å². The van der Waals surface area contributed by atoms with Crippen LogP contribution >= 0.6 is 0 Å². The van der Waals surface area contributed by atoms with E-state index in [4.69, 9.17) is 5.11 Å². The fourth-order valence-corrected chi connectivity index (χ4v) is 0.927. The van der Waals surface area contributed by atoms with Gasteiger partial charge in [-0.25, -0.2) is 0 Å². The lowest BCUT2D eigenvalue weighted by Gasteiger charge is -1.99. The van der Waals surface area contributed by atoms with Gasteiger partial charge < -0.3 is 10.4 Å². The molecule has 0 unspecified atom stereocenters. The third-order valence-corrected chi connectivity index (χ3v) is 1.54. The number of nitrogens with one attached hydrogen (secondary N) is 1. The van der Waals surface area contributed by atoms with Crippen LogP contribution in [0.25, 0.3) is 0 Å². The molecule has 0 aliphatic heterocycles. The van der Waals surface area contributed by atoms with Gasteiger partial charge in [0.15, 0.2) is 5.82 Å². The van der Waals surface area contributed by atoms with Crippen LogP contribution in [0.4, 0.5) is 5.82 Å². The minimum absolute atomic E-state index is 0.0373. The molecule has 1 aromatic heterocycles. The minimum Gasteiger partial charge on any atom is -0.396 e. The first kappa shape index (κ1) is 9.73. The molecule has 2 N–H and O–H groups in total. The van der Waals surface area contributed by atoms with E-state index in [0.717, 1.165) is 0 Å². The average Bonchev–Trinajstić information content (AvgIpc) is 2.48. The maximum Gasteiger partial charge on any atom is 0.225 e. The summed E-state index contributed by atoms with van der Waals surface area (Å²) in [5.41, 5.74) is 0. The highest BCUT2D eigenvalue weighted by atomic mass is 16.3. The van der Waals surface area contributed by atoms with Gasteiger partial charge in [-0.2, -0.15) is 5.10 Å². The summed E-state index contributed by atoms with van der Waals surface area (Å²) in [4.78, 5) is 11.1. The Balaban J connectivity index is 2.36. The summed E-state index contributed by atoms with van der Waals surface area (Å²) in [5, 5.41) is 15.1. The van der Waals surface area contributed by atoms with Gasteiger partial charge in [0, 0.05) is 32.3 Å². The van der Waals surface area contributed by atoms with E-state index in [2.05, 4.69) is 10.4 Å². The summed E-state index contributed by atoms with van der Waals surface area (Å²) in [7, 11) is 1.78. The molecule has 5 heteroatoms. The van der Waals surface area contributed by atoms with Crippen LogP contribution in [-0.2, 0) is 11.8 Å². The van der Waals surface area contributed by atoms with Crippen LogP contribution < -0.4 is 5.32 Å². The molecule has 13 heavy (non-hydrogen) atoms. The summed E-state index contributed by atoms with van der Waals surface area (Å²) in [6, 6.07) is 1.72. The number of hydrogen-bond donors (Lipinski definition) is 2. The van der Waals surface area contributed by atoms with E-state index in [-0.39, 0.29) is 12.5 Å². The minimum atomic E-state index is -0.118. The molecular formula is C8H13N3O2. The summed E-state index contributed by atoms with van der Waals surface area (Å²) >= 11 is 0. The van der Waals surface area contributed by atoms with Crippen LogP contribution in [0.15, 0.2) is 12.3 Å². The number of anilines is 1. The molecule has 5 nitrogen and oxygen atoms in total. The second-order valence-electron chi connectivity index (χ2n) is 2.75. The number of aromatic nitrogens is 2. The Kier molecular flexibility index (Phi) is 3.45. The van der Waals surface area contributed by atoms with Gasteiger partial charge in [0.2, 0.25) is 5.91 Å². The van der Waals surface area contributed by atoms with Crippen LogP contribution in [-0.4, -0.2) is 27.4 Å². The van der Waals surface area contributed by atoms with E-state index >= 15 is 0 Å². The second-order valence-corrected chi connectivity index (χ2v) is 2.75. The Bertz CT molecular complexity index is 283. The van der Waals surface area contributed by atoms with Crippen molar-refractivity contribution in [2.75, 3.05) is 11.9 Å². The molecule has 0 aliphatic rings. The molecule has 0 saturated carbocycles. The fourth-order valence-electron chi connectivity index (χ4n) is 0.927. The number of nitrogens with zero attached hydrogens (tertiary/aromatic N) is 2. The number of rotatable bonds is 4. The number of hydrogen-bond acceptors (Lipinski definition) is 3. The van der Waals surface area contributed by atoms with E-state index in [1.807, 2.05) is 0 Å². The lowest BCUT2D eigenvalue weighted by molar-refractivity contribution is -0.116. The lowest BCUT2D eigenvalue weighted by Crippen LogP contribution is -2.12. The van der Waals surface area contributed by atoms with Gasteiger partial charge in [0.1, 0.15) is 0 Å². The zero-order valence-corrected chi connectivity index (χ0v) is 7.53. The Morgan fingerprint density at radius 1 is 1.77 bits per heavy atom. The van der Waals surface area contributed by atoms with Crippen molar-refractivity contribution in [3.63, 3.8) is 0 Å². The zero-order valence-electron chi connectivity index (χ0n) is 7.53. The summed E-state index contributed by atoms with van der Waals surface area (Å²) in [6.07, 6.45) is 2.56. The summed E-state index contributed by atoms with van der Waals surface area (Å²) < 4.78 is 1.61. The average molecular weight is 183 g/mol. The number of aryl methyl sites for hydroxylation is 1. The predicted molar refractivity (Wildman–Crippen MR) is 48.2 cm³/mol. The largest absolute Gasteiger partial charge is 0.396 e. The van der Waals surface area contributed by atoms with Crippen LogP contribution in [0.1, 0.15) is 12.8 Å². The van der Waals surface area contributed by atoms with Gasteiger partial charge in [0.05, 0.1) is 0 Å². The third kappa shape index (κ3) is 3.25. The van der Waals surface area contributed by atoms with Crippen LogP contribution in [0.2, 0.25) is 0 Å². The quantitative estimate of drug-likeness (QED) is 0.697. The molecule has 0 atom stereocenters. The van der Waals surface area contributed by atoms with Crippen LogP contribution in [0, 0.1) is 0 Å². The smallest absolute Gasteiger partial charge is 0.225 e. The van der Waals surface area contributed by atoms with Gasteiger partial charge in [-0.1, -0.05) is 0 Å². The lowest BCUT2D eigenvalue weighted by atomic mass is 10.3. The Labute approximate surface area is 76.4 Å². The molecule has 72 valence electrons. The van der Waals surface area contributed by atoms with E-state index in [9.17, 15) is 4.79 Å². The van der Waals surface area contributed by atoms with Crippen molar-refractivity contribution in [3.8, 4) is 0 Å². The molecule has 0 fully saturated rings. The maximum absolute atomic E-state index is 11.1. The molecule has 1 rings (SSSR count). The molecule has 1 aromatic rings. The number of amides is 1. The zero-order chi connectivity index (χ0) is 9.68. The van der Waals surface area contributed by atoms with Crippen molar-refractivity contribution < 1.29 is 9.90 Å². The highest BCUT2D eigenvalue weighted by Crippen LogP contribution is 2.01. The van der Waals surface area contributed by atoms with E-state index in [1.54, 1.807) is 24.0 Å². The number of carbonyl (C=O) groups excluding carboxylic acids is 1. The number of aliphatic hydroxyl groups is 1. The Morgan fingerprint density at radius 2 is 2.54 bits per heavy atom. The third-order valence-electron chi connectivity index (χ3n) is 1.54. The Hall–Kier alpha value is -1.36. The molecule has 0 saturated heterocycles. The van der Waals surface area contributed by atoms with Gasteiger partial charge in [-0.3, -0.25) is 9.48 Å². The van der Waals surface area contributed by atoms with Gasteiger partial charge in [0.25, 0.3) is 0 Å². The first-order chi connectivity index (χ1) is 6.22. The fraction of sp³-hybridized carbons (Fsp3) is 0.500. The summed E-state index contributed by atoms with van der Waals surface area (Å²) in [5.74, 6) is 0.429. The monoisotopic (exact) mass is 183 g/mol. The summed E-state index contributed by atoms with van der Waals surface area (Å²) in [6.45, 7) is 0.0373. The van der Waals surface area contributed by atoms with E-state index < -0.39 is 0 Å². The van der Waals surface area contributed by atoms with Crippen molar-refractivity contribution >= 4 is 11.7 Å². The van der Waals surface area contributed by atoms with E-state index in [1.165, 1.54) is 0 Å². The van der Waals surface area contributed by atoms with E-state index in [0.29, 0.717) is 18.7 Å². The second kappa shape index (κ2) is 4.61. The van der Waals surface area contributed by atoms with Gasteiger partial charge in [-0.05, 0) is 6.42 Å². The SMILES string of the molecule is Cn1ccc(NC(=O)CCCO)n1. The van der Waals surface area contributed by atoms with Crippen molar-refractivity contribution in [3.05, 3.63) is 12.3 Å². The molecule has 0 aromatic carbocycles. The molecule has 1 heterocycles. The van der Waals surface area contributed by atoms with Crippen molar-refractivity contribution in [1.29, 1.82) is 0 Å². The first-order valence-electron chi connectivity index (χ1n) is 4.12. The first-order valence-corrected chi connectivity index (χ1v) is 4.12.